The number of benzene rings is 3. The number of ketones is 1. The molecule has 4 heterocycles. The molecule has 180 valence electrons. The third-order valence-corrected chi connectivity index (χ3v) is 8.89. The zero-order chi connectivity index (χ0) is 24.8. The van der Waals surface area contributed by atoms with Gasteiger partial charge in [-0.25, -0.2) is 0 Å². The summed E-state index contributed by atoms with van der Waals surface area (Å²) in [5, 5.41) is 6.26. The average molecular weight is 478 g/mol. The van der Waals surface area contributed by atoms with Crippen molar-refractivity contribution in [2.24, 2.45) is 5.92 Å². The van der Waals surface area contributed by atoms with Gasteiger partial charge in [0.1, 0.15) is 11.0 Å². The van der Waals surface area contributed by atoms with Crippen molar-refractivity contribution in [3.8, 4) is 0 Å². The van der Waals surface area contributed by atoms with Gasteiger partial charge in [-0.3, -0.25) is 19.3 Å². The minimum absolute atomic E-state index is 0.0816. The number of hydrogen-bond acceptors (Lipinski definition) is 4. The van der Waals surface area contributed by atoms with E-state index in [9.17, 15) is 14.4 Å². The highest BCUT2D eigenvalue weighted by molar-refractivity contribution is 6.21. The lowest BCUT2D eigenvalue weighted by molar-refractivity contribution is -0.137. The van der Waals surface area contributed by atoms with E-state index in [1.165, 1.54) is 0 Å². The van der Waals surface area contributed by atoms with Gasteiger partial charge < -0.3 is 10.6 Å². The first kappa shape index (κ1) is 21.5. The molecule has 6 heteroatoms. The molecule has 3 aromatic carbocycles. The van der Waals surface area contributed by atoms with Crippen molar-refractivity contribution in [1.29, 1.82) is 0 Å². The van der Waals surface area contributed by atoms with E-state index in [4.69, 9.17) is 0 Å². The summed E-state index contributed by atoms with van der Waals surface area (Å²) in [5.41, 5.74) is 2.85. The summed E-state index contributed by atoms with van der Waals surface area (Å²) in [7, 11) is 0. The average Bonchev–Trinajstić information content (AvgIpc) is 3.59. The summed E-state index contributed by atoms with van der Waals surface area (Å²) in [6.07, 6.45) is 1.63. The second-order valence-electron chi connectivity index (χ2n) is 10.6. The van der Waals surface area contributed by atoms with Crippen LogP contribution in [0, 0.1) is 19.8 Å². The van der Waals surface area contributed by atoms with Gasteiger partial charge >= 0.3 is 0 Å². The molecular formula is C30H27N3O3. The number of amides is 2. The molecule has 6 nitrogen and oxygen atoms in total. The molecule has 2 fully saturated rings. The highest BCUT2D eigenvalue weighted by Gasteiger charge is 2.81. The van der Waals surface area contributed by atoms with Gasteiger partial charge in [0.15, 0.2) is 5.78 Å². The molecule has 4 aliphatic heterocycles. The van der Waals surface area contributed by atoms with E-state index in [0.29, 0.717) is 17.8 Å². The maximum absolute atomic E-state index is 14.5. The van der Waals surface area contributed by atoms with Crippen LogP contribution in [0.1, 0.15) is 45.5 Å². The van der Waals surface area contributed by atoms with Crippen molar-refractivity contribution < 1.29 is 14.4 Å². The lowest BCUT2D eigenvalue weighted by atomic mass is 9.57. The fourth-order valence-corrected chi connectivity index (χ4v) is 7.82. The quantitative estimate of drug-likeness (QED) is 0.539. The van der Waals surface area contributed by atoms with Crippen LogP contribution in [0.15, 0.2) is 66.7 Å². The van der Waals surface area contributed by atoms with Gasteiger partial charge in [-0.15, -0.1) is 0 Å². The number of nitrogens with one attached hydrogen (secondary N) is 2. The molecule has 2 saturated heterocycles. The van der Waals surface area contributed by atoms with Crippen LogP contribution in [-0.2, 0) is 20.5 Å². The summed E-state index contributed by atoms with van der Waals surface area (Å²) < 4.78 is 0. The number of rotatable bonds is 2. The first-order valence-corrected chi connectivity index (χ1v) is 12.6. The smallest absolute Gasteiger partial charge is 0.251 e. The number of Topliss-reactive ketones (excluding diaryl/α,β-unsaturated/α-hetero) is 1. The minimum Gasteiger partial charge on any atom is -0.325 e. The molecule has 4 unspecified atom stereocenters. The van der Waals surface area contributed by atoms with Crippen LogP contribution in [0.2, 0.25) is 0 Å². The van der Waals surface area contributed by atoms with Gasteiger partial charge in [0, 0.05) is 28.5 Å². The summed E-state index contributed by atoms with van der Waals surface area (Å²) in [5.74, 6) is -1.27. The monoisotopic (exact) mass is 477 g/mol. The Balaban J connectivity index is 1.62. The molecule has 2 N–H and O–H groups in total. The fourth-order valence-electron chi connectivity index (χ4n) is 7.82. The van der Waals surface area contributed by atoms with E-state index in [0.717, 1.165) is 40.8 Å². The number of para-hydroxylation sites is 1. The molecule has 0 bridgehead atoms. The molecule has 4 atom stereocenters. The van der Waals surface area contributed by atoms with Crippen LogP contribution >= 0.6 is 0 Å². The number of nitrogens with zero attached hydrogens (tertiary/aromatic N) is 1. The number of carbonyl (C=O) groups is 3. The second-order valence-corrected chi connectivity index (χ2v) is 10.6. The molecule has 0 aliphatic carbocycles. The van der Waals surface area contributed by atoms with Crippen LogP contribution in [0.3, 0.4) is 0 Å². The fraction of sp³-hybridized carbons (Fsp3) is 0.300. The Morgan fingerprint density at radius 3 is 2.47 bits per heavy atom. The van der Waals surface area contributed by atoms with Crippen molar-refractivity contribution in [2.75, 3.05) is 17.2 Å². The highest BCUT2D eigenvalue weighted by Crippen LogP contribution is 2.68. The van der Waals surface area contributed by atoms with Gasteiger partial charge in [0.05, 0.1) is 5.92 Å². The van der Waals surface area contributed by atoms with Crippen LogP contribution in [0.4, 0.5) is 11.4 Å². The Bertz CT molecular complexity index is 1480. The molecular weight excluding hydrogens is 450 g/mol. The first-order chi connectivity index (χ1) is 17.4. The van der Waals surface area contributed by atoms with Crippen molar-refractivity contribution in [2.45, 2.75) is 43.7 Å². The van der Waals surface area contributed by atoms with Crippen molar-refractivity contribution in [3.63, 3.8) is 0 Å². The lowest BCUT2D eigenvalue weighted by Crippen LogP contribution is -2.62. The van der Waals surface area contributed by atoms with Crippen LogP contribution in [-0.4, -0.2) is 35.1 Å². The maximum Gasteiger partial charge on any atom is 0.251 e. The minimum atomic E-state index is -1.39. The summed E-state index contributed by atoms with van der Waals surface area (Å²) in [4.78, 5) is 45.5. The van der Waals surface area contributed by atoms with E-state index in [1.54, 1.807) is 0 Å². The van der Waals surface area contributed by atoms with E-state index in [2.05, 4.69) is 21.6 Å². The molecule has 36 heavy (non-hydrogen) atoms. The van der Waals surface area contributed by atoms with Gasteiger partial charge in [-0.2, -0.15) is 0 Å². The Morgan fingerprint density at radius 2 is 1.67 bits per heavy atom. The summed E-state index contributed by atoms with van der Waals surface area (Å²) in [6, 6.07) is 20.7. The summed E-state index contributed by atoms with van der Waals surface area (Å²) in [6.45, 7) is 4.66. The highest BCUT2D eigenvalue weighted by atomic mass is 16.2. The number of carbonyl (C=O) groups excluding carboxylic acids is 3. The van der Waals surface area contributed by atoms with Crippen LogP contribution < -0.4 is 10.6 Å². The zero-order valence-corrected chi connectivity index (χ0v) is 20.3. The predicted molar refractivity (Wildman–Crippen MR) is 137 cm³/mol. The molecule has 0 radical (unpaired) electrons. The summed E-state index contributed by atoms with van der Waals surface area (Å²) >= 11 is 0. The largest absolute Gasteiger partial charge is 0.325 e. The third-order valence-electron chi connectivity index (χ3n) is 8.89. The van der Waals surface area contributed by atoms with Crippen molar-refractivity contribution in [3.05, 3.63) is 94.5 Å². The molecule has 0 saturated carbocycles. The van der Waals surface area contributed by atoms with Gasteiger partial charge in [-0.05, 0) is 50.4 Å². The van der Waals surface area contributed by atoms with Gasteiger partial charge in [-0.1, -0.05) is 66.2 Å². The molecule has 7 rings (SSSR count). The SMILES string of the molecule is Cc1cc(C)c2c(c1)C1(C(=O)N2)N2CCCC2C(C(=O)c2ccccc2)C12C(=O)Nc1ccccc12. The first-order valence-electron chi connectivity index (χ1n) is 12.6. The van der Waals surface area contributed by atoms with E-state index in [-0.39, 0.29) is 23.6 Å². The standard InChI is InChI=1S/C30H27N3O3/c1-17-15-18(2)25-21(16-17)30(28(36)32-25)29(20-11-6-7-12-22(20)31-27(29)35)24(23-13-8-14-33(23)30)26(34)19-9-4-3-5-10-19/h3-7,9-12,15-16,23-24H,8,13-14H2,1-2H3,(H,31,35)(H,32,36). The second kappa shape index (κ2) is 7.14. The number of aryl methyl sites for hydroxylation is 2. The Labute approximate surface area is 209 Å². The Kier molecular flexibility index (Phi) is 4.26. The molecule has 3 aromatic rings. The number of hydrogen-bond donors (Lipinski definition) is 2. The zero-order valence-electron chi connectivity index (χ0n) is 20.3. The van der Waals surface area contributed by atoms with Crippen molar-refractivity contribution in [1.82, 2.24) is 4.90 Å². The van der Waals surface area contributed by atoms with Gasteiger partial charge in [0.25, 0.3) is 5.91 Å². The molecule has 2 spiro atoms. The normalized spacial score (nSPS) is 29.8. The van der Waals surface area contributed by atoms with Gasteiger partial charge in [0.2, 0.25) is 5.91 Å². The predicted octanol–water partition coefficient (Wildman–Crippen LogP) is 4.32. The van der Waals surface area contributed by atoms with Crippen molar-refractivity contribution >= 4 is 29.0 Å². The Morgan fingerprint density at radius 1 is 0.917 bits per heavy atom. The maximum atomic E-state index is 14.5. The number of fused-ring (bicyclic) bond motifs is 7. The third kappa shape index (κ3) is 2.29. The van der Waals surface area contributed by atoms with Crippen LogP contribution in [0.25, 0.3) is 0 Å². The molecule has 4 aliphatic rings. The van der Waals surface area contributed by atoms with Crippen LogP contribution in [0.5, 0.6) is 0 Å². The topological polar surface area (TPSA) is 78.5 Å². The van der Waals surface area contributed by atoms with E-state index in [1.807, 2.05) is 74.5 Å². The number of anilines is 2. The Hall–Kier alpha value is -3.77. The molecule has 2 amide bonds. The van der Waals surface area contributed by atoms with E-state index >= 15 is 0 Å². The molecule has 0 aromatic heterocycles. The lowest BCUT2D eigenvalue weighted by Gasteiger charge is -2.43. The van der Waals surface area contributed by atoms with E-state index < -0.39 is 16.9 Å².